The van der Waals surface area contributed by atoms with Crippen LogP contribution in [0.5, 0.6) is 5.75 Å². The normalized spacial score (nSPS) is 14.7. The maximum Gasteiger partial charge on any atom is 0.289 e. The summed E-state index contributed by atoms with van der Waals surface area (Å²) in [4.78, 5) is 18.4. The Balaban J connectivity index is 1.27. The second-order valence-electron chi connectivity index (χ2n) is 7.18. The molecule has 6 nitrogen and oxygen atoms in total. The number of carbonyl (C=O) groups is 1. The van der Waals surface area contributed by atoms with E-state index in [0.717, 1.165) is 49.4 Å². The molecular weight excluding hydrogens is 366 g/mol. The largest absolute Gasteiger partial charge is 0.489 e. The van der Waals surface area contributed by atoms with E-state index >= 15 is 0 Å². The lowest BCUT2D eigenvalue weighted by atomic mass is 10.0. The van der Waals surface area contributed by atoms with Crippen LogP contribution in [0.15, 0.2) is 71.6 Å². The number of para-hydroxylation sites is 1. The van der Waals surface area contributed by atoms with Crippen molar-refractivity contribution in [2.45, 2.75) is 32.0 Å². The fourth-order valence-corrected chi connectivity index (χ4v) is 3.53. The van der Waals surface area contributed by atoms with Crippen LogP contribution in [-0.4, -0.2) is 34.9 Å². The molecule has 2 aromatic heterocycles. The van der Waals surface area contributed by atoms with E-state index in [-0.39, 0.29) is 5.91 Å². The van der Waals surface area contributed by atoms with E-state index in [1.807, 2.05) is 41.4 Å². The first-order valence-electron chi connectivity index (χ1n) is 9.95. The van der Waals surface area contributed by atoms with Gasteiger partial charge >= 0.3 is 0 Å². The molecule has 0 atom stereocenters. The van der Waals surface area contributed by atoms with Crippen molar-refractivity contribution in [3.63, 3.8) is 0 Å². The summed E-state index contributed by atoms with van der Waals surface area (Å²) in [6, 6.07) is 15.9. The molecule has 1 N–H and O–H groups in total. The highest BCUT2D eigenvalue weighted by molar-refractivity contribution is 5.91. The van der Waals surface area contributed by atoms with Crippen LogP contribution in [0.2, 0.25) is 0 Å². The van der Waals surface area contributed by atoms with Gasteiger partial charge < -0.3 is 19.4 Å². The Labute approximate surface area is 170 Å². The summed E-state index contributed by atoms with van der Waals surface area (Å²) in [6.45, 7) is 2.70. The van der Waals surface area contributed by atoms with Crippen LogP contribution < -0.4 is 10.1 Å². The highest BCUT2D eigenvalue weighted by atomic mass is 16.5. The molecule has 0 spiro atoms. The van der Waals surface area contributed by atoms with Gasteiger partial charge in [0.15, 0.2) is 5.76 Å². The maximum absolute atomic E-state index is 12.4. The van der Waals surface area contributed by atoms with E-state index in [1.165, 1.54) is 6.26 Å². The Kier molecular flexibility index (Phi) is 6.22. The number of rotatable bonds is 7. The number of nitrogens with one attached hydrogen (secondary N) is 1. The highest BCUT2D eigenvalue weighted by Gasteiger charge is 2.24. The quantitative estimate of drug-likeness (QED) is 0.666. The third-order valence-electron chi connectivity index (χ3n) is 5.19. The molecule has 1 aliphatic rings. The number of ether oxygens (including phenoxy) is 1. The molecule has 6 heteroatoms. The number of hydrogen-bond acceptors (Lipinski definition) is 5. The Hall–Kier alpha value is -3.12. The fourth-order valence-electron chi connectivity index (χ4n) is 3.53. The number of nitrogens with zero attached hydrogens (tertiary/aromatic N) is 2. The molecule has 3 heterocycles. The van der Waals surface area contributed by atoms with Gasteiger partial charge in [0.2, 0.25) is 0 Å². The zero-order chi connectivity index (χ0) is 19.9. The molecule has 3 aromatic rings. The molecule has 4 rings (SSSR count). The summed E-state index contributed by atoms with van der Waals surface area (Å²) in [5.74, 6) is 1.27. The maximum atomic E-state index is 12.4. The number of hydrogen-bond donors (Lipinski definition) is 1. The first kappa shape index (κ1) is 19.2. The van der Waals surface area contributed by atoms with Gasteiger partial charge in [0, 0.05) is 49.2 Å². The molecule has 1 aromatic carbocycles. The number of pyridine rings is 1. The Morgan fingerprint density at radius 1 is 1.14 bits per heavy atom. The molecule has 0 radical (unpaired) electrons. The second-order valence-corrected chi connectivity index (χ2v) is 7.18. The van der Waals surface area contributed by atoms with Crippen molar-refractivity contribution < 1.29 is 13.9 Å². The smallest absolute Gasteiger partial charge is 0.289 e. The van der Waals surface area contributed by atoms with E-state index < -0.39 is 0 Å². The highest BCUT2D eigenvalue weighted by Crippen LogP contribution is 2.21. The molecule has 0 bridgehead atoms. The summed E-state index contributed by atoms with van der Waals surface area (Å²) in [7, 11) is 0. The van der Waals surface area contributed by atoms with Gasteiger partial charge in [0.25, 0.3) is 5.91 Å². The van der Waals surface area contributed by atoms with E-state index in [9.17, 15) is 4.79 Å². The number of furan rings is 1. The van der Waals surface area contributed by atoms with Gasteiger partial charge in [-0.1, -0.05) is 24.3 Å². The monoisotopic (exact) mass is 391 g/mol. The van der Waals surface area contributed by atoms with Gasteiger partial charge in [0.1, 0.15) is 12.4 Å². The molecular formula is C23H25N3O3. The Morgan fingerprint density at radius 2 is 2.00 bits per heavy atom. The molecule has 1 saturated heterocycles. The lowest BCUT2D eigenvalue weighted by molar-refractivity contribution is 0.0672. The van der Waals surface area contributed by atoms with Crippen LogP contribution >= 0.6 is 0 Å². The number of benzene rings is 1. The summed E-state index contributed by atoms with van der Waals surface area (Å²) < 4.78 is 11.2. The van der Waals surface area contributed by atoms with Crippen molar-refractivity contribution in [2.24, 2.45) is 0 Å². The fraction of sp³-hybridized carbons (Fsp3) is 0.304. The van der Waals surface area contributed by atoms with Gasteiger partial charge in [-0.15, -0.1) is 0 Å². The average Bonchev–Trinajstić information content (AvgIpc) is 3.32. The number of carbonyl (C=O) groups excluding carboxylic acids is 1. The minimum absolute atomic E-state index is 0.0254. The molecule has 1 aliphatic heterocycles. The second kappa shape index (κ2) is 9.39. The van der Waals surface area contributed by atoms with Crippen molar-refractivity contribution in [1.82, 2.24) is 15.2 Å². The van der Waals surface area contributed by atoms with Crippen LogP contribution in [0.1, 0.15) is 34.5 Å². The Bertz CT molecular complexity index is 904. The molecule has 1 amide bonds. The minimum Gasteiger partial charge on any atom is -0.489 e. The average molecular weight is 391 g/mol. The summed E-state index contributed by atoms with van der Waals surface area (Å²) in [6.07, 6.45) is 6.96. The van der Waals surface area contributed by atoms with Crippen LogP contribution in [0.25, 0.3) is 0 Å². The van der Waals surface area contributed by atoms with Crippen molar-refractivity contribution in [3.05, 3.63) is 84.1 Å². The predicted molar refractivity (Wildman–Crippen MR) is 109 cm³/mol. The zero-order valence-electron chi connectivity index (χ0n) is 16.3. The van der Waals surface area contributed by atoms with Crippen LogP contribution in [0.3, 0.4) is 0 Å². The molecule has 29 heavy (non-hydrogen) atoms. The molecule has 0 unspecified atom stereocenters. The topological polar surface area (TPSA) is 67.6 Å². The number of amides is 1. The van der Waals surface area contributed by atoms with Gasteiger partial charge in [-0.2, -0.15) is 0 Å². The summed E-state index contributed by atoms with van der Waals surface area (Å²) in [5, 5.41) is 3.62. The van der Waals surface area contributed by atoms with Gasteiger partial charge in [0.05, 0.1) is 6.26 Å². The summed E-state index contributed by atoms with van der Waals surface area (Å²) in [5.41, 5.74) is 2.18. The third-order valence-corrected chi connectivity index (χ3v) is 5.19. The van der Waals surface area contributed by atoms with Crippen molar-refractivity contribution in [3.8, 4) is 5.75 Å². The van der Waals surface area contributed by atoms with Gasteiger partial charge in [-0.25, -0.2) is 0 Å². The van der Waals surface area contributed by atoms with Crippen molar-refractivity contribution >= 4 is 5.91 Å². The molecule has 1 fully saturated rings. The number of likely N-dealkylation sites (tertiary alicyclic amines) is 1. The van der Waals surface area contributed by atoms with E-state index in [1.54, 1.807) is 18.3 Å². The van der Waals surface area contributed by atoms with E-state index in [4.69, 9.17) is 9.15 Å². The Morgan fingerprint density at radius 3 is 2.76 bits per heavy atom. The number of piperidine rings is 1. The zero-order valence-corrected chi connectivity index (χ0v) is 16.3. The van der Waals surface area contributed by atoms with E-state index in [0.29, 0.717) is 18.4 Å². The third kappa shape index (κ3) is 5.03. The van der Waals surface area contributed by atoms with Gasteiger partial charge in [-0.05, 0) is 37.1 Å². The predicted octanol–water partition coefficient (Wildman–Crippen LogP) is 3.65. The summed E-state index contributed by atoms with van der Waals surface area (Å²) >= 11 is 0. The van der Waals surface area contributed by atoms with Gasteiger partial charge in [-0.3, -0.25) is 9.78 Å². The molecule has 0 saturated carbocycles. The minimum atomic E-state index is -0.0254. The lowest BCUT2D eigenvalue weighted by Gasteiger charge is -2.32. The standard InChI is InChI=1S/C23H25N3O3/c27-23(22-8-4-14-28-22)26-12-9-20(10-13-26)25-16-19-6-1-2-7-21(19)29-17-18-5-3-11-24-15-18/h1-8,11,14-15,20,25H,9-10,12-13,16-17H2. The first-order valence-corrected chi connectivity index (χ1v) is 9.95. The number of aromatic nitrogens is 1. The van der Waals surface area contributed by atoms with Crippen LogP contribution in [-0.2, 0) is 13.2 Å². The van der Waals surface area contributed by atoms with Crippen molar-refractivity contribution in [1.29, 1.82) is 0 Å². The molecule has 150 valence electrons. The molecule has 0 aliphatic carbocycles. The van der Waals surface area contributed by atoms with E-state index in [2.05, 4.69) is 16.4 Å². The van der Waals surface area contributed by atoms with Crippen molar-refractivity contribution in [2.75, 3.05) is 13.1 Å². The SMILES string of the molecule is O=C(c1ccco1)N1CCC(NCc2ccccc2OCc2cccnc2)CC1. The first-order chi connectivity index (χ1) is 14.3. The van der Waals surface area contributed by atoms with Crippen LogP contribution in [0.4, 0.5) is 0 Å². The lowest BCUT2D eigenvalue weighted by Crippen LogP contribution is -2.44. The van der Waals surface area contributed by atoms with Crippen LogP contribution in [0, 0.1) is 0 Å².